The van der Waals surface area contributed by atoms with Crippen molar-refractivity contribution < 1.29 is 0 Å². The van der Waals surface area contributed by atoms with Crippen molar-refractivity contribution in [3.8, 4) is 0 Å². The van der Waals surface area contributed by atoms with Crippen LogP contribution in [0.15, 0.2) is 30.4 Å². The van der Waals surface area contributed by atoms with Gasteiger partial charge in [-0.3, -0.25) is 4.40 Å². The van der Waals surface area contributed by atoms with Crippen molar-refractivity contribution in [2.75, 3.05) is 13.1 Å². The van der Waals surface area contributed by atoms with Crippen molar-refractivity contribution in [1.29, 1.82) is 0 Å². The topological polar surface area (TPSA) is 29.3 Å². The van der Waals surface area contributed by atoms with Gasteiger partial charge in [-0.2, -0.15) is 0 Å². The average molecular weight is 249 g/mol. The lowest BCUT2D eigenvalue weighted by atomic mass is 9.85. The Morgan fingerprint density at radius 1 is 1.65 bits per heavy atom. The molecule has 0 amide bonds. The Labute approximate surface area is 106 Å². The molecule has 0 spiro atoms. The van der Waals surface area contributed by atoms with E-state index >= 15 is 0 Å². The molecule has 17 heavy (non-hydrogen) atoms. The lowest BCUT2D eigenvalue weighted by Crippen LogP contribution is -2.32. The van der Waals surface area contributed by atoms with Gasteiger partial charge in [0.05, 0.1) is 5.69 Å². The molecule has 1 atom stereocenters. The summed E-state index contributed by atoms with van der Waals surface area (Å²) in [4.78, 5) is 5.68. The van der Waals surface area contributed by atoms with Gasteiger partial charge in [0.1, 0.15) is 0 Å². The highest BCUT2D eigenvalue weighted by atomic mass is 32.1. The van der Waals surface area contributed by atoms with Gasteiger partial charge in [0.25, 0.3) is 0 Å². The monoisotopic (exact) mass is 249 g/mol. The summed E-state index contributed by atoms with van der Waals surface area (Å²) in [5.41, 5.74) is 1.21. The fraction of sp³-hybridized carbons (Fsp3) is 0.462. The molecule has 0 saturated carbocycles. The molecule has 2 aromatic rings. The van der Waals surface area contributed by atoms with Crippen molar-refractivity contribution in [2.24, 2.45) is 5.41 Å². The van der Waals surface area contributed by atoms with Crippen LogP contribution < -0.4 is 5.32 Å². The first-order chi connectivity index (χ1) is 8.17. The van der Waals surface area contributed by atoms with Gasteiger partial charge in [-0.1, -0.05) is 19.9 Å². The number of hydrogen-bond donors (Lipinski definition) is 1. The first-order valence-electron chi connectivity index (χ1n) is 5.92. The fourth-order valence-electron chi connectivity index (χ4n) is 1.89. The molecule has 3 nitrogen and oxygen atoms in total. The van der Waals surface area contributed by atoms with Crippen LogP contribution in [0.25, 0.3) is 4.96 Å². The molecule has 92 valence electrons. The van der Waals surface area contributed by atoms with Crippen molar-refractivity contribution >= 4 is 16.3 Å². The molecule has 0 aliphatic rings. The third-order valence-electron chi connectivity index (χ3n) is 3.00. The predicted octanol–water partition coefficient (Wildman–Crippen LogP) is 2.74. The molecule has 0 fully saturated rings. The van der Waals surface area contributed by atoms with Crippen molar-refractivity contribution in [2.45, 2.75) is 20.3 Å². The third kappa shape index (κ3) is 2.76. The molecule has 1 N–H and O–H groups in total. The number of aromatic nitrogens is 2. The minimum Gasteiger partial charge on any atom is -0.316 e. The molecule has 0 saturated heterocycles. The highest BCUT2D eigenvalue weighted by Crippen LogP contribution is 2.23. The van der Waals surface area contributed by atoms with Gasteiger partial charge in [-0.05, 0) is 6.54 Å². The highest BCUT2D eigenvalue weighted by molar-refractivity contribution is 7.15. The molecule has 0 aliphatic heterocycles. The third-order valence-corrected chi connectivity index (χ3v) is 3.77. The smallest absolute Gasteiger partial charge is 0.193 e. The molecule has 0 bridgehead atoms. The van der Waals surface area contributed by atoms with Crippen LogP contribution >= 0.6 is 11.3 Å². The Kier molecular flexibility index (Phi) is 3.64. The first kappa shape index (κ1) is 12.3. The normalized spacial score (nSPS) is 14.9. The van der Waals surface area contributed by atoms with E-state index in [4.69, 9.17) is 0 Å². The Morgan fingerprint density at radius 2 is 2.47 bits per heavy atom. The second-order valence-corrected chi connectivity index (χ2v) is 5.51. The summed E-state index contributed by atoms with van der Waals surface area (Å²) in [5, 5.41) is 5.44. The van der Waals surface area contributed by atoms with Crippen molar-refractivity contribution in [3.63, 3.8) is 0 Å². The van der Waals surface area contributed by atoms with Crippen molar-refractivity contribution in [3.05, 3.63) is 36.1 Å². The molecule has 0 aliphatic carbocycles. The zero-order valence-corrected chi connectivity index (χ0v) is 11.3. The second-order valence-electron chi connectivity index (χ2n) is 4.64. The van der Waals surface area contributed by atoms with E-state index in [-0.39, 0.29) is 5.41 Å². The molecule has 1 unspecified atom stereocenters. The second kappa shape index (κ2) is 5.02. The van der Waals surface area contributed by atoms with E-state index in [9.17, 15) is 0 Å². The number of thiazole rings is 1. The van der Waals surface area contributed by atoms with E-state index in [0.717, 1.165) is 30.2 Å². The van der Waals surface area contributed by atoms with Crippen LogP contribution in [-0.2, 0) is 6.42 Å². The minimum atomic E-state index is 0.0695. The van der Waals surface area contributed by atoms with Gasteiger partial charge in [0.15, 0.2) is 4.96 Å². The average Bonchev–Trinajstić information content (AvgIpc) is 2.87. The Bertz CT molecular complexity index is 471. The van der Waals surface area contributed by atoms with Gasteiger partial charge >= 0.3 is 0 Å². The molecule has 2 rings (SSSR count). The van der Waals surface area contributed by atoms with Crippen LogP contribution in [0.3, 0.4) is 0 Å². The van der Waals surface area contributed by atoms with Crippen molar-refractivity contribution in [1.82, 2.24) is 14.7 Å². The quantitative estimate of drug-likeness (QED) is 0.798. The maximum absolute atomic E-state index is 4.62. The van der Waals surface area contributed by atoms with Gasteiger partial charge in [0, 0.05) is 36.2 Å². The summed E-state index contributed by atoms with van der Waals surface area (Å²) in [7, 11) is 0. The molecule has 2 aromatic heterocycles. The summed E-state index contributed by atoms with van der Waals surface area (Å²) in [6.45, 7) is 10.2. The van der Waals surface area contributed by atoms with Crippen LogP contribution in [0.4, 0.5) is 0 Å². The molecule has 2 heterocycles. The summed E-state index contributed by atoms with van der Waals surface area (Å²) in [6.07, 6.45) is 7.12. The van der Waals surface area contributed by atoms with E-state index in [0.29, 0.717) is 0 Å². The lowest BCUT2D eigenvalue weighted by Gasteiger charge is -2.24. The maximum atomic E-state index is 4.62. The maximum Gasteiger partial charge on any atom is 0.193 e. The van der Waals surface area contributed by atoms with Crippen LogP contribution in [0.5, 0.6) is 0 Å². The van der Waals surface area contributed by atoms with Gasteiger partial charge in [-0.15, -0.1) is 17.9 Å². The summed E-state index contributed by atoms with van der Waals surface area (Å²) in [6, 6.07) is 0. The number of nitrogens with zero attached hydrogens (tertiary/aromatic N) is 2. The van der Waals surface area contributed by atoms with Gasteiger partial charge in [-0.25, -0.2) is 4.98 Å². The molecule has 0 aromatic carbocycles. The number of imidazole rings is 1. The zero-order valence-electron chi connectivity index (χ0n) is 10.4. The van der Waals surface area contributed by atoms with E-state index in [2.05, 4.69) is 46.7 Å². The standard InChI is InChI=1S/C13H19N3S/c1-4-13(3,10-14-5-2)8-11-9-16-6-7-17-12(16)15-11/h4,6-7,9,14H,1,5,8,10H2,2-3H3. The Morgan fingerprint density at radius 3 is 3.12 bits per heavy atom. The van der Waals surface area contributed by atoms with E-state index < -0.39 is 0 Å². The predicted molar refractivity (Wildman–Crippen MR) is 73.6 cm³/mol. The van der Waals surface area contributed by atoms with Gasteiger partial charge < -0.3 is 5.32 Å². The van der Waals surface area contributed by atoms with Crippen LogP contribution in [-0.4, -0.2) is 22.5 Å². The fourth-order valence-corrected chi connectivity index (χ4v) is 2.61. The molecule has 4 heteroatoms. The lowest BCUT2D eigenvalue weighted by molar-refractivity contribution is 0.392. The number of hydrogen-bond acceptors (Lipinski definition) is 3. The summed E-state index contributed by atoms with van der Waals surface area (Å²) < 4.78 is 2.08. The van der Waals surface area contributed by atoms with Crippen LogP contribution in [0.1, 0.15) is 19.5 Å². The van der Waals surface area contributed by atoms with E-state index in [1.165, 1.54) is 0 Å². The summed E-state index contributed by atoms with van der Waals surface area (Å²) in [5.74, 6) is 0. The zero-order chi connectivity index (χ0) is 12.3. The number of fused-ring (bicyclic) bond motifs is 1. The largest absolute Gasteiger partial charge is 0.316 e. The molecular weight excluding hydrogens is 230 g/mol. The molecule has 0 radical (unpaired) electrons. The van der Waals surface area contributed by atoms with Crippen LogP contribution in [0.2, 0.25) is 0 Å². The molecular formula is C13H19N3S. The Balaban J connectivity index is 2.12. The van der Waals surface area contributed by atoms with Crippen LogP contribution in [0, 0.1) is 5.41 Å². The number of nitrogens with one attached hydrogen (secondary N) is 1. The minimum absolute atomic E-state index is 0.0695. The highest BCUT2D eigenvalue weighted by Gasteiger charge is 2.21. The first-order valence-corrected chi connectivity index (χ1v) is 6.80. The SMILES string of the molecule is C=CC(C)(CNCC)Cc1cn2ccsc2n1. The van der Waals surface area contributed by atoms with E-state index in [1.807, 2.05) is 12.3 Å². The number of rotatable bonds is 6. The van der Waals surface area contributed by atoms with E-state index in [1.54, 1.807) is 11.3 Å². The Hall–Kier alpha value is -1.13. The summed E-state index contributed by atoms with van der Waals surface area (Å²) >= 11 is 1.67. The van der Waals surface area contributed by atoms with Gasteiger partial charge in [0.2, 0.25) is 0 Å².